The molecule has 0 aromatic carbocycles. The van der Waals surface area contributed by atoms with E-state index in [0.29, 0.717) is 5.82 Å². The van der Waals surface area contributed by atoms with Gasteiger partial charge in [0.25, 0.3) is 0 Å². The Balaban J connectivity index is 1.70. The first-order valence-corrected chi connectivity index (χ1v) is 7.42. The van der Waals surface area contributed by atoms with Crippen molar-refractivity contribution in [2.24, 2.45) is 23.7 Å². The number of pyridine rings is 1. The molecule has 2 N–H and O–H groups in total. The number of anilines is 1. The van der Waals surface area contributed by atoms with Gasteiger partial charge in [0, 0.05) is 6.20 Å². The van der Waals surface area contributed by atoms with Crippen LogP contribution >= 0.6 is 0 Å². The second kappa shape index (κ2) is 3.72. The second-order valence-corrected chi connectivity index (χ2v) is 6.93. The topological polar surface area (TPSA) is 38.9 Å². The maximum absolute atomic E-state index is 5.85. The molecule has 1 aromatic heterocycles. The molecule has 0 atom stereocenters. The van der Waals surface area contributed by atoms with Gasteiger partial charge in [0.15, 0.2) is 0 Å². The summed E-state index contributed by atoms with van der Waals surface area (Å²) in [6.45, 7) is 2.09. The summed E-state index contributed by atoms with van der Waals surface area (Å²) in [4.78, 5) is 4.39. The van der Waals surface area contributed by atoms with Crippen molar-refractivity contribution in [2.75, 3.05) is 5.73 Å². The van der Waals surface area contributed by atoms with Crippen LogP contribution in [0.2, 0.25) is 0 Å². The third kappa shape index (κ3) is 1.51. The highest BCUT2D eigenvalue weighted by molar-refractivity contribution is 5.41. The molecule has 1 aromatic rings. The lowest BCUT2D eigenvalue weighted by Gasteiger charge is -2.54. The van der Waals surface area contributed by atoms with Crippen molar-refractivity contribution < 1.29 is 0 Å². The molecule has 0 aliphatic heterocycles. The fourth-order valence-corrected chi connectivity index (χ4v) is 5.26. The van der Waals surface area contributed by atoms with E-state index in [2.05, 4.69) is 24.2 Å². The predicted octanol–water partition coefficient (Wildman–Crippen LogP) is 3.51. The molecule has 0 saturated heterocycles. The summed E-state index contributed by atoms with van der Waals surface area (Å²) >= 11 is 0. The van der Waals surface area contributed by atoms with Crippen LogP contribution in [0.3, 0.4) is 0 Å². The number of aryl methyl sites for hydroxylation is 1. The molecular formula is C16H22N2. The van der Waals surface area contributed by atoms with Crippen molar-refractivity contribution in [3.63, 3.8) is 0 Å². The van der Waals surface area contributed by atoms with Gasteiger partial charge in [-0.25, -0.2) is 4.98 Å². The summed E-state index contributed by atoms with van der Waals surface area (Å²) < 4.78 is 0. The number of aromatic nitrogens is 1. The molecule has 96 valence electrons. The number of nitrogens with zero attached hydrogens (tertiary/aromatic N) is 1. The molecule has 0 amide bonds. The summed E-state index contributed by atoms with van der Waals surface area (Å²) in [5.74, 6) is 5.45. The Labute approximate surface area is 109 Å². The zero-order valence-corrected chi connectivity index (χ0v) is 11.1. The highest BCUT2D eigenvalue weighted by atomic mass is 14.8. The Morgan fingerprint density at radius 3 is 2.22 bits per heavy atom. The maximum atomic E-state index is 5.85. The molecule has 4 bridgehead atoms. The van der Waals surface area contributed by atoms with Crippen LogP contribution in [0.15, 0.2) is 12.3 Å². The van der Waals surface area contributed by atoms with Crippen molar-refractivity contribution >= 4 is 5.82 Å². The van der Waals surface area contributed by atoms with Crippen molar-refractivity contribution in [1.29, 1.82) is 0 Å². The van der Waals surface area contributed by atoms with Crippen molar-refractivity contribution in [1.82, 2.24) is 4.98 Å². The third-order valence-corrected chi connectivity index (χ3v) is 5.75. The molecule has 0 radical (unpaired) electrons. The van der Waals surface area contributed by atoms with Gasteiger partial charge in [0.1, 0.15) is 5.82 Å². The van der Waals surface area contributed by atoms with Crippen LogP contribution in [-0.2, 0) is 0 Å². The lowest BCUT2D eigenvalue weighted by molar-refractivity contribution is -0.00289. The number of hydrogen-bond acceptors (Lipinski definition) is 2. The van der Waals surface area contributed by atoms with Gasteiger partial charge in [-0.05, 0) is 79.7 Å². The molecule has 2 nitrogen and oxygen atoms in total. The van der Waals surface area contributed by atoms with Gasteiger partial charge in [-0.3, -0.25) is 0 Å². The number of nitrogens with two attached hydrogens (primary N) is 1. The van der Waals surface area contributed by atoms with E-state index in [1.807, 2.05) is 0 Å². The third-order valence-electron chi connectivity index (χ3n) is 5.75. The average molecular weight is 242 g/mol. The average Bonchev–Trinajstić information content (AvgIpc) is 2.32. The predicted molar refractivity (Wildman–Crippen MR) is 73.2 cm³/mol. The molecule has 5 rings (SSSR count). The van der Waals surface area contributed by atoms with Gasteiger partial charge in [-0.1, -0.05) is 6.07 Å². The van der Waals surface area contributed by atoms with Crippen molar-refractivity contribution in [2.45, 2.75) is 44.9 Å². The number of nitrogen functional groups attached to an aromatic ring is 1. The number of rotatable bonds is 1. The smallest absolute Gasteiger partial charge is 0.126 e. The molecule has 2 heteroatoms. The van der Waals surface area contributed by atoms with Gasteiger partial charge in [-0.2, -0.15) is 0 Å². The largest absolute Gasteiger partial charge is 0.383 e. The SMILES string of the molecule is Cc1cc(C2C3CC4CC(C3)CC2C4)cnc1N. The van der Waals surface area contributed by atoms with Gasteiger partial charge < -0.3 is 5.73 Å². The van der Waals surface area contributed by atoms with Crippen LogP contribution in [-0.4, -0.2) is 4.98 Å². The second-order valence-electron chi connectivity index (χ2n) is 6.93. The molecule has 4 aliphatic carbocycles. The minimum absolute atomic E-state index is 0.697. The Kier molecular flexibility index (Phi) is 2.24. The number of hydrogen-bond donors (Lipinski definition) is 1. The van der Waals surface area contributed by atoms with Crippen molar-refractivity contribution in [3.8, 4) is 0 Å². The summed E-state index contributed by atoms with van der Waals surface area (Å²) in [5.41, 5.74) is 8.47. The standard InChI is InChI=1S/C16H22N2/c1-9-2-14(8-18-16(9)17)15-12-4-10-3-11(6-12)7-13(15)5-10/h2,8,10-13,15H,3-7H2,1H3,(H2,17,18). The first-order valence-electron chi connectivity index (χ1n) is 7.42. The Morgan fingerprint density at radius 2 is 1.67 bits per heavy atom. The van der Waals surface area contributed by atoms with E-state index in [0.717, 1.165) is 35.2 Å². The van der Waals surface area contributed by atoms with Crippen LogP contribution in [0, 0.1) is 30.6 Å². The monoisotopic (exact) mass is 242 g/mol. The highest BCUT2D eigenvalue weighted by Crippen LogP contribution is 2.59. The fraction of sp³-hybridized carbons (Fsp3) is 0.688. The summed E-state index contributed by atoms with van der Waals surface area (Å²) in [6.07, 6.45) is 9.47. The van der Waals surface area contributed by atoms with E-state index < -0.39 is 0 Å². The van der Waals surface area contributed by atoms with Crippen LogP contribution in [0.4, 0.5) is 5.82 Å². The quantitative estimate of drug-likeness (QED) is 0.818. The molecular weight excluding hydrogens is 220 g/mol. The lowest BCUT2D eigenvalue weighted by atomic mass is 9.51. The first-order chi connectivity index (χ1) is 8.70. The Bertz CT molecular complexity index is 452. The zero-order chi connectivity index (χ0) is 12.3. The minimum Gasteiger partial charge on any atom is -0.383 e. The molecule has 4 fully saturated rings. The van der Waals surface area contributed by atoms with E-state index in [4.69, 9.17) is 5.73 Å². The Morgan fingerprint density at radius 1 is 1.06 bits per heavy atom. The van der Waals surface area contributed by atoms with E-state index in [1.54, 1.807) is 0 Å². The van der Waals surface area contributed by atoms with E-state index in [-0.39, 0.29) is 0 Å². The maximum Gasteiger partial charge on any atom is 0.126 e. The van der Waals surface area contributed by atoms with Crippen molar-refractivity contribution in [3.05, 3.63) is 23.4 Å². The summed E-state index contributed by atoms with van der Waals surface area (Å²) in [5, 5.41) is 0. The van der Waals surface area contributed by atoms with E-state index in [1.165, 1.54) is 37.7 Å². The molecule has 18 heavy (non-hydrogen) atoms. The molecule has 4 saturated carbocycles. The molecule has 0 unspecified atom stereocenters. The fourth-order valence-electron chi connectivity index (χ4n) is 5.26. The normalized spacial score (nSPS) is 41.3. The zero-order valence-electron chi connectivity index (χ0n) is 11.1. The van der Waals surface area contributed by atoms with Crippen LogP contribution in [0.5, 0.6) is 0 Å². The van der Waals surface area contributed by atoms with Gasteiger partial charge in [0.2, 0.25) is 0 Å². The Hall–Kier alpha value is -1.05. The summed E-state index contributed by atoms with van der Waals surface area (Å²) in [6, 6.07) is 2.30. The lowest BCUT2D eigenvalue weighted by Crippen LogP contribution is -2.43. The van der Waals surface area contributed by atoms with Crippen LogP contribution in [0.25, 0.3) is 0 Å². The minimum atomic E-state index is 0.697. The first kappa shape index (κ1) is 10.8. The van der Waals surface area contributed by atoms with Crippen LogP contribution < -0.4 is 5.73 Å². The van der Waals surface area contributed by atoms with E-state index >= 15 is 0 Å². The van der Waals surface area contributed by atoms with Gasteiger partial charge in [0.05, 0.1) is 0 Å². The molecule has 1 heterocycles. The molecule has 0 spiro atoms. The van der Waals surface area contributed by atoms with Crippen LogP contribution in [0.1, 0.15) is 49.1 Å². The highest BCUT2D eigenvalue weighted by Gasteiger charge is 2.48. The summed E-state index contributed by atoms with van der Waals surface area (Å²) in [7, 11) is 0. The van der Waals surface area contributed by atoms with Gasteiger partial charge >= 0.3 is 0 Å². The molecule has 4 aliphatic rings. The van der Waals surface area contributed by atoms with E-state index in [9.17, 15) is 0 Å². The van der Waals surface area contributed by atoms with Gasteiger partial charge in [-0.15, -0.1) is 0 Å².